The van der Waals surface area contributed by atoms with E-state index in [1.807, 2.05) is 0 Å². The fourth-order valence-electron chi connectivity index (χ4n) is 2.09. The van der Waals surface area contributed by atoms with Crippen LogP contribution in [-0.2, 0) is 6.42 Å². The maximum atomic E-state index is 13.5. The first-order valence-corrected chi connectivity index (χ1v) is 6.87. The topological polar surface area (TPSA) is 81.5 Å². The zero-order valence-corrected chi connectivity index (χ0v) is 12.4. The molecule has 0 aliphatic heterocycles. The van der Waals surface area contributed by atoms with E-state index < -0.39 is 10.8 Å². The molecule has 23 heavy (non-hydrogen) atoms. The van der Waals surface area contributed by atoms with E-state index in [-0.39, 0.29) is 29.4 Å². The van der Waals surface area contributed by atoms with Crippen molar-refractivity contribution in [2.45, 2.75) is 6.42 Å². The van der Waals surface area contributed by atoms with Gasteiger partial charge in [-0.3, -0.25) is 14.9 Å². The molecule has 2 aromatic rings. The number of nitrogens with zero attached hydrogens (tertiary/aromatic N) is 1. The second kappa shape index (κ2) is 7.35. The second-order valence-electron chi connectivity index (χ2n) is 4.74. The zero-order valence-electron chi connectivity index (χ0n) is 12.4. The van der Waals surface area contributed by atoms with E-state index in [4.69, 9.17) is 4.74 Å². The molecule has 0 saturated carbocycles. The van der Waals surface area contributed by atoms with Gasteiger partial charge in [0.2, 0.25) is 0 Å². The number of rotatable bonds is 6. The first-order valence-electron chi connectivity index (χ1n) is 6.87. The summed E-state index contributed by atoms with van der Waals surface area (Å²) < 4.78 is 18.3. The van der Waals surface area contributed by atoms with Gasteiger partial charge in [-0.05, 0) is 30.2 Å². The number of benzene rings is 2. The van der Waals surface area contributed by atoms with Gasteiger partial charge in [-0.1, -0.05) is 18.2 Å². The van der Waals surface area contributed by atoms with Gasteiger partial charge in [0.1, 0.15) is 5.82 Å². The molecule has 0 heterocycles. The van der Waals surface area contributed by atoms with E-state index in [1.165, 1.54) is 25.3 Å². The van der Waals surface area contributed by atoms with Crippen molar-refractivity contribution in [3.63, 3.8) is 0 Å². The molecule has 0 aliphatic carbocycles. The summed E-state index contributed by atoms with van der Waals surface area (Å²) in [5.74, 6) is -0.716. The highest BCUT2D eigenvalue weighted by molar-refractivity contribution is 5.95. The number of nitrogens with one attached hydrogen (secondary N) is 1. The third kappa shape index (κ3) is 4.03. The maximum absolute atomic E-state index is 13.5. The van der Waals surface area contributed by atoms with E-state index in [2.05, 4.69) is 5.32 Å². The SMILES string of the molecule is COc1ccc(C(=O)NCCc2ccccc2F)cc1[N+](=O)[O-]. The van der Waals surface area contributed by atoms with E-state index in [1.54, 1.807) is 18.2 Å². The van der Waals surface area contributed by atoms with E-state index in [0.717, 1.165) is 6.07 Å². The summed E-state index contributed by atoms with van der Waals surface area (Å²) in [6, 6.07) is 10.2. The van der Waals surface area contributed by atoms with Gasteiger partial charge in [-0.2, -0.15) is 0 Å². The van der Waals surface area contributed by atoms with Crippen molar-refractivity contribution in [1.29, 1.82) is 0 Å². The van der Waals surface area contributed by atoms with Gasteiger partial charge >= 0.3 is 5.69 Å². The molecule has 6 nitrogen and oxygen atoms in total. The van der Waals surface area contributed by atoms with Gasteiger partial charge in [0.15, 0.2) is 5.75 Å². The molecule has 0 saturated heterocycles. The predicted octanol–water partition coefficient (Wildman–Crippen LogP) is 2.72. The minimum Gasteiger partial charge on any atom is -0.490 e. The van der Waals surface area contributed by atoms with Crippen LogP contribution < -0.4 is 10.1 Å². The van der Waals surface area contributed by atoms with E-state index in [9.17, 15) is 19.3 Å². The van der Waals surface area contributed by atoms with Crippen LogP contribution in [0.5, 0.6) is 5.75 Å². The molecular formula is C16H15FN2O4. The van der Waals surface area contributed by atoms with Gasteiger partial charge < -0.3 is 10.1 Å². The third-order valence-corrected chi connectivity index (χ3v) is 3.28. The fraction of sp³-hybridized carbons (Fsp3) is 0.188. The number of ether oxygens (including phenoxy) is 1. The fourth-order valence-corrected chi connectivity index (χ4v) is 2.09. The quantitative estimate of drug-likeness (QED) is 0.656. The molecular weight excluding hydrogens is 303 g/mol. The molecule has 0 spiro atoms. The first kappa shape index (κ1) is 16.4. The molecule has 0 radical (unpaired) electrons. The van der Waals surface area contributed by atoms with Crippen LogP contribution in [0.4, 0.5) is 10.1 Å². The van der Waals surface area contributed by atoms with Crippen LogP contribution in [0.2, 0.25) is 0 Å². The van der Waals surface area contributed by atoms with Crippen LogP contribution in [0.25, 0.3) is 0 Å². The number of methoxy groups -OCH3 is 1. The number of carbonyl (C=O) groups is 1. The molecule has 0 fully saturated rings. The van der Waals surface area contributed by atoms with Gasteiger partial charge in [-0.15, -0.1) is 0 Å². The first-order chi connectivity index (χ1) is 11.0. The summed E-state index contributed by atoms with van der Waals surface area (Å²) in [5.41, 5.74) is 0.355. The molecule has 0 unspecified atom stereocenters. The van der Waals surface area contributed by atoms with Crippen LogP contribution in [0, 0.1) is 15.9 Å². The lowest BCUT2D eigenvalue weighted by atomic mass is 10.1. The van der Waals surface area contributed by atoms with Crippen LogP contribution in [0.1, 0.15) is 15.9 Å². The molecule has 1 N–H and O–H groups in total. The van der Waals surface area contributed by atoms with Gasteiger partial charge in [-0.25, -0.2) is 4.39 Å². The molecule has 2 aromatic carbocycles. The molecule has 120 valence electrons. The summed E-state index contributed by atoms with van der Waals surface area (Å²) in [6.07, 6.45) is 0.330. The van der Waals surface area contributed by atoms with Crippen molar-refractivity contribution in [3.05, 3.63) is 69.5 Å². The normalized spacial score (nSPS) is 10.2. The average molecular weight is 318 g/mol. The van der Waals surface area contributed by atoms with Crippen LogP contribution in [0.15, 0.2) is 42.5 Å². The Hall–Kier alpha value is -2.96. The number of hydrogen-bond acceptors (Lipinski definition) is 4. The highest BCUT2D eigenvalue weighted by Crippen LogP contribution is 2.27. The number of nitro benzene ring substituents is 1. The van der Waals surface area contributed by atoms with Crippen LogP contribution in [0.3, 0.4) is 0 Å². The highest BCUT2D eigenvalue weighted by atomic mass is 19.1. The molecule has 2 rings (SSSR count). The summed E-state index contributed by atoms with van der Waals surface area (Å²) >= 11 is 0. The standard InChI is InChI=1S/C16H15FN2O4/c1-23-15-7-6-12(10-14(15)19(21)22)16(20)18-9-8-11-4-2-3-5-13(11)17/h2-7,10H,8-9H2,1H3,(H,18,20). The minimum absolute atomic E-state index is 0.0814. The van der Waals surface area contributed by atoms with E-state index >= 15 is 0 Å². The number of halogens is 1. The predicted molar refractivity (Wildman–Crippen MR) is 82.1 cm³/mol. The highest BCUT2D eigenvalue weighted by Gasteiger charge is 2.18. The summed E-state index contributed by atoms with van der Waals surface area (Å²) in [6.45, 7) is 0.222. The van der Waals surface area contributed by atoms with Gasteiger partial charge in [0.25, 0.3) is 5.91 Å². The van der Waals surface area contributed by atoms with Crippen LogP contribution in [-0.4, -0.2) is 24.5 Å². The van der Waals surface area contributed by atoms with Crippen molar-refractivity contribution < 1.29 is 18.8 Å². The number of nitro groups is 1. The monoisotopic (exact) mass is 318 g/mol. The summed E-state index contributed by atoms with van der Waals surface area (Å²) in [7, 11) is 1.32. The number of carbonyl (C=O) groups excluding carboxylic acids is 1. The van der Waals surface area contributed by atoms with Crippen molar-refractivity contribution in [2.24, 2.45) is 0 Å². The molecule has 0 bridgehead atoms. The lowest BCUT2D eigenvalue weighted by molar-refractivity contribution is -0.385. The zero-order chi connectivity index (χ0) is 16.8. The van der Waals surface area contributed by atoms with Crippen molar-refractivity contribution >= 4 is 11.6 Å². The van der Waals surface area contributed by atoms with Crippen molar-refractivity contribution in [3.8, 4) is 5.75 Å². The van der Waals surface area contributed by atoms with Crippen LogP contribution >= 0.6 is 0 Å². The molecule has 1 amide bonds. The summed E-state index contributed by atoms with van der Waals surface area (Å²) in [5, 5.41) is 13.6. The second-order valence-corrected chi connectivity index (χ2v) is 4.74. The van der Waals surface area contributed by atoms with E-state index in [0.29, 0.717) is 12.0 Å². The lowest BCUT2D eigenvalue weighted by Gasteiger charge is -2.07. The number of amides is 1. The Kier molecular flexibility index (Phi) is 5.24. The Morgan fingerprint density at radius 1 is 1.30 bits per heavy atom. The Morgan fingerprint density at radius 2 is 2.04 bits per heavy atom. The third-order valence-electron chi connectivity index (χ3n) is 3.28. The smallest absolute Gasteiger partial charge is 0.311 e. The van der Waals surface area contributed by atoms with Gasteiger partial charge in [0, 0.05) is 18.2 Å². The van der Waals surface area contributed by atoms with Gasteiger partial charge in [0.05, 0.1) is 12.0 Å². The Morgan fingerprint density at radius 3 is 2.70 bits per heavy atom. The number of hydrogen-bond donors (Lipinski definition) is 1. The molecule has 0 aliphatic rings. The molecule has 0 atom stereocenters. The largest absolute Gasteiger partial charge is 0.490 e. The minimum atomic E-state index is -0.616. The Bertz CT molecular complexity index is 734. The van der Waals surface area contributed by atoms with Crippen molar-refractivity contribution in [2.75, 3.05) is 13.7 Å². The average Bonchev–Trinajstić information content (AvgIpc) is 2.55. The Labute approximate surface area is 132 Å². The lowest BCUT2D eigenvalue weighted by Crippen LogP contribution is -2.26. The molecule has 0 aromatic heterocycles. The Balaban J connectivity index is 2.02. The van der Waals surface area contributed by atoms with Crippen molar-refractivity contribution in [1.82, 2.24) is 5.32 Å². The maximum Gasteiger partial charge on any atom is 0.311 e. The molecule has 7 heteroatoms. The summed E-state index contributed by atoms with van der Waals surface area (Å²) in [4.78, 5) is 22.4.